The lowest BCUT2D eigenvalue weighted by Crippen LogP contribution is -2.22. The van der Waals surface area contributed by atoms with Crippen LogP contribution in [-0.2, 0) is 12.8 Å². The number of fused-ring (bicyclic) bond motifs is 3. The van der Waals surface area contributed by atoms with E-state index in [0.717, 1.165) is 30.3 Å². The second kappa shape index (κ2) is 7.71. The number of aryl methyl sites for hydroxylation is 1. The van der Waals surface area contributed by atoms with Gasteiger partial charge >= 0.3 is 0 Å². The summed E-state index contributed by atoms with van der Waals surface area (Å²) in [5.74, 6) is 3.54. The Morgan fingerprint density at radius 3 is 2.77 bits per heavy atom. The number of benzene rings is 2. The Morgan fingerprint density at radius 2 is 1.92 bits per heavy atom. The van der Waals surface area contributed by atoms with E-state index in [2.05, 4.69) is 41.3 Å². The van der Waals surface area contributed by atoms with Crippen molar-refractivity contribution in [3.63, 3.8) is 0 Å². The molecule has 1 saturated heterocycles. The van der Waals surface area contributed by atoms with Crippen molar-refractivity contribution in [2.75, 3.05) is 33.9 Å². The predicted molar refractivity (Wildman–Crippen MR) is 105 cm³/mol. The lowest BCUT2D eigenvalue weighted by Gasteiger charge is -2.28. The highest BCUT2D eigenvalue weighted by Gasteiger charge is 2.37. The highest BCUT2D eigenvalue weighted by Crippen LogP contribution is 2.44. The number of likely N-dealkylation sites (tertiary alicyclic amines) is 1. The van der Waals surface area contributed by atoms with Crippen LogP contribution in [0.4, 0.5) is 0 Å². The third-order valence-corrected chi connectivity index (χ3v) is 6.14. The van der Waals surface area contributed by atoms with Crippen LogP contribution in [0, 0.1) is 5.92 Å². The van der Waals surface area contributed by atoms with Crippen LogP contribution in [0.3, 0.4) is 0 Å². The minimum absolute atomic E-state index is 0.686. The number of hydrogen-bond donors (Lipinski definition) is 0. The van der Waals surface area contributed by atoms with Crippen molar-refractivity contribution in [3.05, 3.63) is 59.2 Å². The topological polar surface area (TPSA) is 21.7 Å². The number of ether oxygens (including phenoxy) is 2. The molecule has 1 heterocycles. The number of rotatable bonds is 6. The zero-order chi connectivity index (χ0) is 17.9. The van der Waals surface area contributed by atoms with Crippen LogP contribution in [0.2, 0.25) is 0 Å². The molecule has 2 aromatic carbocycles. The standard InChI is InChI=1S/C23H29NO2/c1-25-19-8-3-6-17(14-19)7-5-13-24-15-18-11-12-21-20(22(18)16-24)9-4-10-23(21)26-2/h3-4,6,8-10,14,18,22H,5,7,11-13,15-16H2,1-2H3. The Bertz CT molecular complexity index is 758. The first-order chi connectivity index (χ1) is 12.8. The predicted octanol–water partition coefficient (Wildman–Crippen LogP) is 4.30. The SMILES string of the molecule is COc1cccc(CCCN2CC3CCc4c(OC)cccc4C3C2)c1. The fourth-order valence-electron chi connectivity index (χ4n) is 4.84. The number of methoxy groups -OCH3 is 2. The fourth-order valence-corrected chi connectivity index (χ4v) is 4.84. The van der Waals surface area contributed by atoms with Crippen LogP contribution in [0.1, 0.15) is 35.4 Å². The Balaban J connectivity index is 1.36. The van der Waals surface area contributed by atoms with Gasteiger partial charge in [-0.05, 0) is 73.0 Å². The van der Waals surface area contributed by atoms with Gasteiger partial charge in [-0.2, -0.15) is 0 Å². The second-order valence-electron chi connectivity index (χ2n) is 7.65. The first kappa shape index (κ1) is 17.4. The molecule has 1 aliphatic carbocycles. The maximum absolute atomic E-state index is 5.60. The number of hydrogen-bond acceptors (Lipinski definition) is 3. The van der Waals surface area contributed by atoms with E-state index in [1.54, 1.807) is 14.2 Å². The van der Waals surface area contributed by atoms with Crippen molar-refractivity contribution in [1.82, 2.24) is 4.90 Å². The van der Waals surface area contributed by atoms with Crippen molar-refractivity contribution >= 4 is 0 Å². The molecule has 2 aliphatic rings. The van der Waals surface area contributed by atoms with Crippen LogP contribution in [0.5, 0.6) is 11.5 Å². The smallest absolute Gasteiger partial charge is 0.122 e. The monoisotopic (exact) mass is 351 g/mol. The van der Waals surface area contributed by atoms with Gasteiger partial charge in [0.2, 0.25) is 0 Å². The normalized spacial score (nSPS) is 21.9. The zero-order valence-corrected chi connectivity index (χ0v) is 15.9. The number of nitrogens with zero attached hydrogens (tertiary/aromatic N) is 1. The van der Waals surface area contributed by atoms with Crippen LogP contribution in [-0.4, -0.2) is 38.8 Å². The molecule has 0 bridgehead atoms. The maximum atomic E-state index is 5.60. The van der Waals surface area contributed by atoms with Crippen LogP contribution < -0.4 is 9.47 Å². The quantitative estimate of drug-likeness (QED) is 0.774. The lowest BCUT2D eigenvalue weighted by molar-refractivity contribution is 0.316. The summed E-state index contributed by atoms with van der Waals surface area (Å²) in [6, 6.07) is 15.1. The van der Waals surface area contributed by atoms with Gasteiger partial charge in [-0.15, -0.1) is 0 Å². The summed E-state index contributed by atoms with van der Waals surface area (Å²) in [5.41, 5.74) is 4.36. The molecule has 0 N–H and O–H groups in total. The summed E-state index contributed by atoms with van der Waals surface area (Å²) < 4.78 is 10.9. The molecular formula is C23H29NO2. The van der Waals surface area contributed by atoms with Gasteiger partial charge in [0.1, 0.15) is 11.5 Å². The summed E-state index contributed by atoms with van der Waals surface area (Å²) in [6.45, 7) is 3.63. The van der Waals surface area contributed by atoms with Gasteiger partial charge in [-0.1, -0.05) is 24.3 Å². The van der Waals surface area contributed by atoms with Crippen molar-refractivity contribution in [1.29, 1.82) is 0 Å². The average Bonchev–Trinajstić information content (AvgIpc) is 3.11. The first-order valence-corrected chi connectivity index (χ1v) is 9.79. The van der Waals surface area contributed by atoms with Crippen molar-refractivity contribution in [2.45, 2.75) is 31.6 Å². The highest BCUT2D eigenvalue weighted by atomic mass is 16.5. The molecule has 2 aromatic rings. The molecule has 0 saturated carbocycles. The summed E-state index contributed by atoms with van der Waals surface area (Å²) in [5, 5.41) is 0. The third kappa shape index (κ3) is 3.45. The van der Waals surface area contributed by atoms with Crippen molar-refractivity contribution < 1.29 is 9.47 Å². The molecule has 3 nitrogen and oxygen atoms in total. The highest BCUT2D eigenvalue weighted by molar-refractivity contribution is 5.44. The largest absolute Gasteiger partial charge is 0.497 e. The molecule has 0 amide bonds. The molecule has 1 aliphatic heterocycles. The summed E-state index contributed by atoms with van der Waals surface area (Å²) in [4.78, 5) is 2.67. The Hall–Kier alpha value is -2.00. The molecule has 1 fully saturated rings. The van der Waals surface area contributed by atoms with Crippen LogP contribution >= 0.6 is 0 Å². The third-order valence-electron chi connectivity index (χ3n) is 6.14. The Kier molecular flexibility index (Phi) is 5.16. The van der Waals surface area contributed by atoms with Crippen LogP contribution in [0.15, 0.2) is 42.5 Å². The van der Waals surface area contributed by atoms with E-state index in [4.69, 9.17) is 9.47 Å². The van der Waals surface area contributed by atoms with Gasteiger partial charge in [0.25, 0.3) is 0 Å². The molecule has 2 unspecified atom stereocenters. The Morgan fingerprint density at radius 1 is 1.04 bits per heavy atom. The second-order valence-corrected chi connectivity index (χ2v) is 7.65. The molecule has 3 heteroatoms. The molecule has 4 rings (SSSR count). The van der Waals surface area contributed by atoms with E-state index in [0.29, 0.717) is 5.92 Å². The zero-order valence-electron chi connectivity index (χ0n) is 15.9. The van der Waals surface area contributed by atoms with E-state index in [9.17, 15) is 0 Å². The maximum Gasteiger partial charge on any atom is 0.122 e. The molecular weight excluding hydrogens is 322 g/mol. The minimum Gasteiger partial charge on any atom is -0.497 e. The molecule has 26 heavy (non-hydrogen) atoms. The molecule has 0 spiro atoms. The molecule has 0 radical (unpaired) electrons. The van der Waals surface area contributed by atoms with E-state index < -0.39 is 0 Å². The van der Waals surface area contributed by atoms with Crippen molar-refractivity contribution in [3.8, 4) is 11.5 Å². The van der Waals surface area contributed by atoms with Gasteiger partial charge in [-0.3, -0.25) is 0 Å². The average molecular weight is 351 g/mol. The van der Waals surface area contributed by atoms with Crippen molar-refractivity contribution in [2.24, 2.45) is 5.92 Å². The fraction of sp³-hybridized carbons (Fsp3) is 0.478. The minimum atomic E-state index is 0.686. The Labute approximate surface area is 156 Å². The van der Waals surface area contributed by atoms with E-state index >= 15 is 0 Å². The molecule has 2 atom stereocenters. The summed E-state index contributed by atoms with van der Waals surface area (Å²) >= 11 is 0. The lowest BCUT2D eigenvalue weighted by atomic mass is 9.77. The molecule has 0 aromatic heterocycles. The van der Waals surface area contributed by atoms with E-state index in [-0.39, 0.29) is 0 Å². The van der Waals surface area contributed by atoms with Gasteiger partial charge in [0, 0.05) is 19.0 Å². The van der Waals surface area contributed by atoms with E-state index in [1.807, 2.05) is 6.07 Å². The summed E-state index contributed by atoms with van der Waals surface area (Å²) in [6.07, 6.45) is 4.79. The van der Waals surface area contributed by atoms with Gasteiger partial charge in [0.05, 0.1) is 14.2 Å². The summed E-state index contributed by atoms with van der Waals surface area (Å²) in [7, 11) is 3.53. The van der Waals surface area contributed by atoms with Gasteiger partial charge in [0.15, 0.2) is 0 Å². The van der Waals surface area contributed by atoms with Gasteiger partial charge < -0.3 is 14.4 Å². The molecule has 138 valence electrons. The first-order valence-electron chi connectivity index (χ1n) is 9.79. The van der Waals surface area contributed by atoms with Gasteiger partial charge in [-0.25, -0.2) is 0 Å². The van der Waals surface area contributed by atoms with E-state index in [1.165, 1.54) is 49.2 Å². The van der Waals surface area contributed by atoms with Crippen LogP contribution in [0.25, 0.3) is 0 Å².